The monoisotopic (exact) mass is 389 g/mol. The molecule has 154 valence electrons. The highest BCUT2D eigenvalue weighted by Crippen LogP contribution is 2.37. The van der Waals surface area contributed by atoms with Crippen LogP contribution in [-0.2, 0) is 9.31 Å². The van der Waals surface area contributed by atoms with Crippen molar-refractivity contribution in [2.24, 2.45) is 5.41 Å². The fourth-order valence-electron chi connectivity index (χ4n) is 3.98. The van der Waals surface area contributed by atoms with Gasteiger partial charge in [0.1, 0.15) is 11.9 Å². The Bertz CT molecular complexity index is 709. The SMILES string of the molecule is CC(C)(C)C1C(Oc2ccc(B3OC(C)(C)C(C)(C)O3)cc2)CCN1C(=O)O. The Labute approximate surface area is 168 Å². The van der Waals surface area contributed by atoms with Gasteiger partial charge in [-0.25, -0.2) is 4.79 Å². The van der Waals surface area contributed by atoms with Gasteiger partial charge >= 0.3 is 13.2 Å². The Morgan fingerprint density at radius 2 is 1.68 bits per heavy atom. The normalized spacial score (nSPS) is 26.5. The van der Waals surface area contributed by atoms with Crippen LogP contribution in [0.15, 0.2) is 24.3 Å². The first kappa shape index (κ1) is 21.0. The van der Waals surface area contributed by atoms with Gasteiger partial charge in [-0.3, -0.25) is 0 Å². The summed E-state index contributed by atoms with van der Waals surface area (Å²) in [5.41, 5.74) is -0.0207. The molecule has 0 aliphatic carbocycles. The van der Waals surface area contributed by atoms with Gasteiger partial charge < -0.3 is 24.1 Å². The van der Waals surface area contributed by atoms with E-state index in [4.69, 9.17) is 14.0 Å². The molecule has 1 aromatic rings. The van der Waals surface area contributed by atoms with Crippen LogP contribution in [0.3, 0.4) is 0 Å². The number of hydrogen-bond donors (Lipinski definition) is 1. The van der Waals surface area contributed by atoms with Crippen LogP contribution in [0.2, 0.25) is 0 Å². The predicted molar refractivity (Wildman–Crippen MR) is 109 cm³/mol. The second-order valence-corrected chi connectivity index (χ2v) is 9.89. The summed E-state index contributed by atoms with van der Waals surface area (Å²) in [4.78, 5) is 13.1. The minimum atomic E-state index is -0.887. The van der Waals surface area contributed by atoms with Crippen molar-refractivity contribution in [2.75, 3.05) is 6.54 Å². The summed E-state index contributed by atoms with van der Waals surface area (Å²) in [7, 11) is -0.407. The molecule has 1 aromatic carbocycles. The van der Waals surface area contributed by atoms with Gasteiger partial charge in [-0.2, -0.15) is 0 Å². The summed E-state index contributed by atoms with van der Waals surface area (Å²) in [6, 6.07) is 7.53. The van der Waals surface area contributed by atoms with Crippen molar-refractivity contribution < 1.29 is 23.9 Å². The Hall–Kier alpha value is -1.73. The van der Waals surface area contributed by atoms with Crippen LogP contribution in [0.4, 0.5) is 4.79 Å². The van der Waals surface area contributed by atoms with Crippen LogP contribution in [0.25, 0.3) is 0 Å². The van der Waals surface area contributed by atoms with Crippen LogP contribution < -0.4 is 10.2 Å². The van der Waals surface area contributed by atoms with Gasteiger partial charge in [-0.05, 0) is 50.7 Å². The fourth-order valence-corrected chi connectivity index (χ4v) is 3.98. The van der Waals surface area contributed by atoms with Gasteiger partial charge in [-0.1, -0.05) is 32.9 Å². The quantitative estimate of drug-likeness (QED) is 0.801. The highest BCUT2D eigenvalue weighted by atomic mass is 16.7. The zero-order chi connectivity index (χ0) is 20.9. The zero-order valence-electron chi connectivity index (χ0n) is 18.0. The molecular weight excluding hydrogens is 357 g/mol. The van der Waals surface area contributed by atoms with Crippen LogP contribution in [0.1, 0.15) is 54.9 Å². The Morgan fingerprint density at radius 3 is 2.14 bits per heavy atom. The number of amides is 1. The molecule has 2 unspecified atom stereocenters. The zero-order valence-corrected chi connectivity index (χ0v) is 18.0. The summed E-state index contributed by atoms with van der Waals surface area (Å²) in [5.74, 6) is 0.728. The lowest BCUT2D eigenvalue weighted by Gasteiger charge is -2.36. The third-order valence-corrected chi connectivity index (χ3v) is 6.17. The molecule has 6 nitrogen and oxygen atoms in total. The number of likely N-dealkylation sites (tertiary alicyclic amines) is 1. The van der Waals surface area contributed by atoms with E-state index in [1.54, 1.807) is 0 Å². The number of benzene rings is 1. The third-order valence-electron chi connectivity index (χ3n) is 6.17. The van der Waals surface area contributed by atoms with Crippen LogP contribution in [0.5, 0.6) is 5.75 Å². The minimum absolute atomic E-state index is 0.168. The molecule has 7 heteroatoms. The summed E-state index contributed by atoms with van der Waals surface area (Å²) >= 11 is 0. The molecule has 0 aromatic heterocycles. The number of nitrogens with zero attached hydrogens (tertiary/aromatic N) is 1. The molecule has 1 amide bonds. The predicted octanol–water partition coefficient (Wildman–Crippen LogP) is 3.53. The molecule has 0 saturated carbocycles. The number of hydrogen-bond acceptors (Lipinski definition) is 4. The van der Waals surface area contributed by atoms with Crippen molar-refractivity contribution in [2.45, 2.75) is 78.2 Å². The maximum Gasteiger partial charge on any atom is 0.494 e. The molecular formula is C21H32BNO5. The van der Waals surface area contributed by atoms with Crippen molar-refractivity contribution in [3.63, 3.8) is 0 Å². The van der Waals surface area contributed by atoms with Crippen LogP contribution in [0, 0.1) is 5.41 Å². The van der Waals surface area contributed by atoms with Gasteiger partial charge in [0, 0.05) is 13.0 Å². The lowest BCUT2D eigenvalue weighted by Crippen LogP contribution is -2.48. The summed E-state index contributed by atoms with van der Waals surface area (Å²) in [6.07, 6.45) is -0.367. The molecule has 2 heterocycles. The molecule has 1 N–H and O–H groups in total. The van der Waals surface area contributed by atoms with E-state index in [9.17, 15) is 9.90 Å². The van der Waals surface area contributed by atoms with E-state index in [1.165, 1.54) is 4.90 Å². The van der Waals surface area contributed by atoms with E-state index < -0.39 is 13.2 Å². The Morgan fingerprint density at radius 1 is 1.14 bits per heavy atom. The number of carbonyl (C=O) groups is 1. The largest absolute Gasteiger partial charge is 0.494 e. The molecule has 2 atom stereocenters. The molecule has 2 aliphatic heterocycles. The second kappa shape index (κ2) is 6.96. The maximum atomic E-state index is 11.6. The molecule has 2 fully saturated rings. The van der Waals surface area contributed by atoms with Crippen molar-refractivity contribution >= 4 is 18.7 Å². The van der Waals surface area contributed by atoms with Crippen molar-refractivity contribution in [3.05, 3.63) is 24.3 Å². The summed E-state index contributed by atoms with van der Waals surface area (Å²) in [5, 5.41) is 9.52. The van der Waals surface area contributed by atoms with E-state index in [2.05, 4.69) is 20.8 Å². The molecule has 3 rings (SSSR count). The average Bonchev–Trinajstić information content (AvgIpc) is 3.07. The Balaban J connectivity index is 1.72. The maximum absolute atomic E-state index is 11.6. The summed E-state index contributed by atoms with van der Waals surface area (Å²) in [6.45, 7) is 14.8. The number of rotatable bonds is 3. The van der Waals surface area contributed by atoms with Crippen molar-refractivity contribution in [1.82, 2.24) is 4.90 Å². The van der Waals surface area contributed by atoms with Gasteiger partial charge in [0.15, 0.2) is 0 Å². The average molecular weight is 389 g/mol. The van der Waals surface area contributed by atoms with E-state index in [0.29, 0.717) is 13.0 Å². The van der Waals surface area contributed by atoms with Gasteiger partial charge in [0.25, 0.3) is 0 Å². The standard InChI is InChI=1S/C21H32BNO5/c1-19(2,3)17-16(12-13-23(17)18(24)25)26-15-10-8-14(9-11-15)22-27-20(4,5)21(6,7)28-22/h8-11,16-17H,12-13H2,1-7H3,(H,24,25). The highest BCUT2D eigenvalue weighted by molar-refractivity contribution is 6.62. The van der Waals surface area contributed by atoms with E-state index >= 15 is 0 Å². The topological polar surface area (TPSA) is 68.2 Å². The first-order valence-corrected chi connectivity index (χ1v) is 9.94. The first-order chi connectivity index (χ1) is 12.8. The van der Waals surface area contributed by atoms with Crippen molar-refractivity contribution in [1.29, 1.82) is 0 Å². The smallest absolute Gasteiger partial charge is 0.488 e. The summed E-state index contributed by atoms with van der Waals surface area (Å²) < 4.78 is 18.4. The molecule has 0 radical (unpaired) electrons. The molecule has 0 spiro atoms. The molecule has 2 aliphatic rings. The van der Waals surface area contributed by atoms with Crippen molar-refractivity contribution in [3.8, 4) is 5.75 Å². The fraction of sp³-hybridized carbons (Fsp3) is 0.667. The lowest BCUT2D eigenvalue weighted by atomic mass is 9.79. The van der Waals surface area contributed by atoms with Crippen LogP contribution >= 0.6 is 0 Å². The minimum Gasteiger partial charge on any atom is -0.488 e. The molecule has 2 saturated heterocycles. The van der Waals surface area contributed by atoms with Gasteiger partial charge in [0.2, 0.25) is 0 Å². The second-order valence-electron chi connectivity index (χ2n) is 9.89. The highest BCUT2D eigenvalue weighted by Gasteiger charge is 2.51. The van der Waals surface area contributed by atoms with Crippen LogP contribution in [-0.4, -0.2) is 53.1 Å². The van der Waals surface area contributed by atoms with Gasteiger partial charge in [0.05, 0.1) is 17.2 Å². The van der Waals surface area contributed by atoms with E-state index in [1.807, 2.05) is 52.0 Å². The number of ether oxygens (including phenoxy) is 1. The lowest BCUT2D eigenvalue weighted by molar-refractivity contribution is 0.00578. The van der Waals surface area contributed by atoms with E-state index in [-0.39, 0.29) is 28.8 Å². The van der Waals surface area contributed by atoms with Gasteiger partial charge in [-0.15, -0.1) is 0 Å². The third kappa shape index (κ3) is 3.87. The molecule has 0 bridgehead atoms. The Kier molecular flexibility index (Phi) is 5.22. The molecule has 28 heavy (non-hydrogen) atoms. The first-order valence-electron chi connectivity index (χ1n) is 9.94. The van der Waals surface area contributed by atoms with E-state index in [0.717, 1.165) is 11.2 Å². The number of carboxylic acid groups (broad SMARTS) is 1.